The van der Waals surface area contributed by atoms with Crippen molar-refractivity contribution in [2.45, 2.75) is 39.5 Å². The second kappa shape index (κ2) is 5.47. The summed E-state index contributed by atoms with van der Waals surface area (Å²) in [6, 6.07) is 0. The number of hydrogen-bond acceptors (Lipinski definition) is 3. The molecule has 0 amide bonds. The molecule has 16 heavy (non-hydrogen) atoms. The molecule has 0 bridgehead atoms. The normalized spacial score (nSPS) is 22.2. The van der Waals surface area contributed by atoms with E-state index in [1.807, 2.05) is 0 Å². The van der Waals surface area contributed by atoms with Gasteiger partial charge in [0, 0.05) is 13.1 Å². The highest BCUT2D eigenvalue weighted by Crippen LogP contribution is 2.30. The van der Waals surface area contributed by atoms with Crippen LogP contribution >= 0.6 is 0 Å². The van der Waals surface area contributed by atoms with E-state index in [1.165, 1.54) is 0 Å². The van der Waals surface area contributed by atoms with Gasteiger partial charge in [-0.2, -0.15) is 0 Å². The minimum atomic E-state index is -3.05. The van der Waals surface area contributed by atoms with Crippen molar-refractivity contribution in [3.05, 3.63) is 0 Å². The van der Waals surface area contributed by atoms with E-state index in [2.05, 4.69) is 13.8 Å². The van der Waals surface area contributed by atoms with Gasteiger partial charge in [-0.05, 0) is 37.6 Å². The van der Waals surface area contributed by atoms with Crippen LogP contribution in [0.1, 0.15) is 39.5 Å². The largest absolute Gasteiger partial charge is 0.330 e. The van der Waals surface area contributed by atoms with Crippen molar-refractivity contribution in [2.24, 2.45) is 11.1 Å². The number of nitrogens with two attached hydrogens (primary N) is 1. The van der Waals surface area contributed by atoms with E-state index < -0.39 is 10.0 Å². The summed E-state index contributed by atoms with van der Waals surface area (Å²) in [4.78, 5) is 0. The molecule has 1 fully saturated rings. The monoisotopic (exact) mass is 248 g/mol. The van der Waals surface area contributed by atoms with Crippen molar-refractivity contribution < 1.29 is 8.42 Å². The van der Waals surface area contributed by atoms with Crippen molar-refractivity contribution >= 4 is 10.0 Å². The van der Waals surface area contributed by atoms with Gasteiger partial charge >= 0.3 is 0 Å². The smallest absolute Gasteiger partial charge is 0.214 e. The van der Waals surface area contributed by atoms with Gasteiger partial charge in [0.05, 0.1) is 5.75 Å². The first-order valence-electron chi connectivity index (χ1n) is 6.05. The highest BCUT2D eigenvalue weighted by Gasteiger charge is 2.32. The van der Waals surface area contributed by atoms with E-state index in [0.717, 1.165) is 19.3 Å². The topological polar surface area (TPSA) is 63.4 Å². The molecule has 1 rings (SSSR count). The number of piperidine rings is 1. The lowest BCUT2D eigenvalue weighted by atomic mass is 9.85. The van der Waals surface area contributed by atoms with Gasteiger partial charge in [0.15, 0.2) is 0 Å². The highest BCUT2D eigenvalue weighted by atomic mass is 32.2. The highest BCUT2D eigenvalue weighted by molar-refractivity contribution is 7.89. The minimum Gasteiger partial charge on any atom is -0.330 e. The molecule has 0 aromatic heterocycles. The molecule has 0 aromatic rings. The first-order valence-corrected chi connectivity index (χ1v) is 7.66. The van der Waals surface area contributed by atoms with Crippen LogP contribution in [0.2, 0.25) is 0 Å². The molecule has 1 saturated heterocycles. The lowest BCUT2D eigenvalue weighted by Gasteiger charge is -2.37. The lowest BCUT2D eigenvalue weighted by Crippen LogP contribution is -2.44. The number of nitrogens with zero attached hydrogens (tertiary/aromatic N) is 1. The van der Waals surface area contributed by atoms with Crippen LogP contribution < -0.4 is 5.73 Å². The lowest BCUT2D eigenvalue weighted by molar-refractivity contribution is 0.187. The molecule has 1 heterocycles. The van der Waals surface area contributed by atoms with Crippen LogP contribution in [-0.2, 0) is 10.0 Å². The summed E-state index contributed by atoms with van der Waals surface area (Å²) in [7, 11) is -3.05. The van der Waals surface area contributed by atoms with Gasteiger partial charge in [0.1, 0.15) is 0 Å². The Hall–Kier alpha value is -0.130. The fourth-order valence-corrected chi connectivity index (χ4v) is 3.95. The van der Waals surface area contributed by atoms with E-state index in [4.69, 9.17) is 5.73 Å². The molecule has 96 valence electrons. The standard InChI is InChI=1S/C11H24N2O2S/c1-11(2)6-5-8-13(10-11)16(14,15)9-4-3-7-12/h3-10,12H2,1-2H3. The van der Waals surface area contributed by atoms with E-state index >= 15 is 0 Å². The second-order valence-corrected chi connectivity index (χ2v) is 7.50. The Bertz CT molecular complexity index is 312. The van der Waals surface area contributed by atoms with Crippen molar-refractivity contribution in [1.29, 1.82) is 0 Å². The van der Waals surface area contributed by atoms with Crippen LogP contribution in [0.4, 0.5) is 0 Å². The second-order valence-electron chi connectivity index (χ2n) is 5.41. The quantitative estimate of drug-likeness (QED) is 0.743. The molecule has 5 heteroatoms. The maximum Gasteiger partial charge on any atom is 0.214 e. The Balaban J connectivity index is 2.54. The van der Waals surface area contributed by atoms with Crippen molar-refractivity contribution in [2.75, 3.05) is 25.4 Å². The van der Waals surface area contributed by atoms with Crippen LogP contribution in [0.3, 0.4) is 0 Å². The first kappa shape index (κ1) is 13.9. The molecular formula is C11H24N2O2S. The van der Waals surface area contributed by atoms with Crippen molar-refractivity contribution in [3.8, 4) is 0 Å². The number of sulfonamides is 1. The summed E-state index contributed by atoms with van der Waals surface area (Å²) in [5.41, 5.74) is 5.50. The predicted molar refractivity (Wildman–Crippen MR) is 66.7 cm³/mol. The molecule has 0 aliphatic carbocycles. The van der Waals surface area contributed by atoms with E-state index in [-0.39, 0.29) is 11.2 Å². The zero-order chi connectivity index (χ0) is 12.2. The average molecular weight is 248 g/mol. The Morgan fingerprint density at radius 1 is 1.31 bits per heavy atom. The fourth-order valence-electron chi connectivity index (χ4n) is 2.16. The minimum absolute atomic E-state index is 0.124. The molecular weight excluding hydrogens is 224 g/mol. The summed E-state index contributed by atoms with van der Waals surface area (Å²) >= 11 is 0. The summed E-state index contributed by atoms with van der Waals surface area (Å²) in [5.74, 6) is 0.250. The van der Waals surface area contributed by atoms with Gasteiger partial charge in [-0.3, -0.25) is 0 Å². The van der Waals surface area contributed by atoms with Gasteiger partial charge in [0.2, 0.25) is 10.0 Å². The zero-order valence-electron chi connectivity index (χ0n) is 10.4. The van der Waals surface area contributed by atoms with Gasteiger partial charge < -0.3 is 5.73 Å². The number of rotatable bonds is 5. The molecule has 0 spiro atoms. The first-order chi connectivity index (χ1) is 7.37. The Morgan fingerprint density at radius 2 is 2.00 bits per heavy atom. The maximum absolute atomic E-state index is 12.0. The molecule has 4 nitrogen and oxygen atoms in total. The zero-order valence-corrected chi connectivity index (χ0v) is 11.2. The Morgan fingerprint density at radius 3 is 2.56 bits per heavy atom. The molecule has 1 aliphatic heterocycles. The van der Waals surface area contributed by atoms with E-state index in [9.17, 15) is 8.42 Å². The Labute approximate surface area is 99.2 Å². The third-order valence-electron chi connectivity index (χ3n) is 3.12. The summed E-state index contributed by atoms with van der Waals surface area (Å²) in [6.07, 6.45) is 3.55. The maximum atomic E-state index is 12.0. The van der Waals surface area contributed by atoms with Crippen LogP contribution in [-0.4, -0.2) is 38.1 Å². The summed E-state index contributed by atoms with van der Waals surface area (Å²) < 4.78 is 25.7. The fraction of sp³-hybridized carbons (Fsp3) is 1.00. The molecule has 0 saturated carbocycles. The SMILES string of the molecule is CC1(C)CCCN(S(=O)(=O)CCCCN)C1. The third kappa shape index (κ3) is 4.03. The summed E-state index contributed by atoms with van der Waals surface area (Å²) in [5, 5.41) is 0. The molecule has 0 aromatic carbocycles. The van der Waals surface area contributed by atoms with Crippen LogP contribution in [0.15, 0.2) is 0 Å². The summed E-state index contributed by atoms with van der Waals surface area (Å²) in [6.45, 7) is 6.19. The van der Waals surface area contributed by atoms with Crippen molar-refractivity contribution in [1.82, 2.24) is 4.31 Å². The van der Waals surface area contributed by atoms with Crippen LogP contribution in [0.5, 0.6) is 0 Å². The number of hydrogen-bond donors (Lipinski definition) is 1. The van der Waals surface area contributed by atoms with E-state index in [0.29, 0.717) is 26.1 Å². The molecule has 0 unspecified atom stereocenters. The van der Waals surface area contributed by atoms with Gasteiger partial charge in [-0.15, -0.1) is 0 Å². The number of unbranched alkanes of at least 4 members (excludes halogenated alkanes) is 1. The molecule has 0 atom stereocenters. The Kier molecular flexibility index (Phi) is 4.76. The van der Waals surface area contributed by atoms with Crippen molar-refractivity contribution in [3.63, 3.8) is 0 Å². The molecule has 1 aliphatic rings. The van der Waals surface area contributed by atoms with Gasteiger partial charge in [-0.25, -0.2) is 12.7 Å². The van der Waals surface area contributed by atoms with Crippen LogP contribution in [0.25, 0.3) is 0 Å². The van der Waals surface area contributed by atoms with E-state index in [1.54, 1.807) is 4.31 Å². The third-order valence-corrected chi connectivity index (χ3v) is 5.02. The predicted octanol–water partition coefficient (Wildman–Crippen LogP) is 1.18. The van der Waals surface area contributed by atoms with Gasteiger partial charge in [-0.1, -0.05) is 13.8 Å². The van der Waals surface area contributed by atoms with Gasteiger partial charge in [0.25, 0.3) is 0 Å². The average Bonchev–Trinajstić information content (AvgIpc) is 2.16. The molecule has 0 radical (unpaired) electrons. The van der Waals surface area contributed by atoms with Crippen LogP contribution in [0, 0.1) is 5.41 Å². The molecule has 2 N–H and O–H groups in total.